The number of nitrogens with zero attached hydrogens (tertiary/aromatic N) is 1. The van der Waals surface area contributed by atoms with Gasteiger partial charge in [0, 0.05) is 25.1 Å². The van der Waals surface area contributed by atoms with E-state index in [1.807, 2.05) is 12.1 Å². The molecule has 0 aromatic heterocycles. The smallest absolute Gasteiger partial charge is 0.261 e. The van der Waals surface area contributed by atoms with Gasteiger partial charge in [-0.3, -0.25) is 19.7 Å². The molecule has 3 aromatic carbocycles. The molecule has 3 aromatic rings. The van der Waals surface area contributed by atoms with Gasteiger partial charge in [-0.1, -0.05) is 93.6 Å². The Morgan fingerprint density at radius 1 is 0.881 bits per heavy atom. The van der Waals surface area contributed by atoms with Crippen molar-refractivity contribution in [2.75, 3.05) is 6.61 Å². The lowest BCUT2D eigenvalue weighted by Gasteiger charge is -2.44. The molecule has 1 atom stereocenters. The minimum Gasteiger partial charge on any atom is -0.407 e. The van der Waals surface area contributed by atoms with Crippen LogP contribution in [0.5, 0.6) is 0 Å². The van der Waals surface area contributed by atoms with Crippen molar-refractivity contribution in [2.45, 2.75) is 76.4 Å². The number of piperidine rings is 1. The summed E-state index contributed by atoms with van der Waals surface area (Å²) in [5.41, 5.74) is 3.00. The minimum atomic E-state index is -2.54. The molecule has 2 fully saturated rings. The summed E-state index contributed by atoms with van der Waals surface area (Å²) >= 11 is 0. The zero-order valence-electron chi connectivity index (χ0n) is 24.8. The van der Waals surface area contributed by atoms with Gasteiger partial charge in [-0.25, -0.2) is 0 Å². The molecule has 3 amide bonds. The minimum absolute atomic E-state index is 0.0383. The third-order valence-electron chi connectivity index (χ3n) is 9.56. The molecule has 2 aliphatic heterocycles. The molecule has 0 radical (unpaired) electrons. The molecule has 0 spiro atoms. The summed E-state index contributed by atoms with van der Waals surface area (Å²) in [6.07, 6.45) is 3.82. The number of carbonyl (C=O) groups is 3. The van der Waals surface area contributed by atoms with Crippen LogP contribution in [0, 0.1) is 5.92 Å². The van der Waals surface area contributed by atoms with Crippen molar-refractivity contribution in [3.05, 3.63) is 95.6 Å². The highest BCUT2D eigenvalue weighted by Crippen LogP contribution is 2.47. The predicted molar refractivity (Wildman–Crippen MR) is 166 cm³/mol. The van der Waals surface area contributed by atoms with Crippen LogP contribution in [0.25, 0.3) is 0 Å². The van der Waals surface area contributed by atoms with Crippen molar-refractivity contribution < 1.29 is 18.8 Å². The van der Waals surface area contributed by atoms with Crippen molar-refractivity contribution in [3.63, 3.8) is 0 Å². The number of imide groups is 1. The van der Waals surface area contributed by atoms with Gasteiger partial charge in [-0.2, -0.15) is 0 Å². The number of amides is 3. The van der Waals surface area contributed by atoms with Gasteiger partial charge in [-0.05, 0) is 70.1 Å². The van der Waals surface area contributed by atoms with Gasteiger partial charge in [0.2, 0.25) is 11.8 Å². The van der Waals surface area contributed by atoms with Crippen molar-refractivity contribution in [3.8, 4) is 0 Å². The van der Waals surface area contributed by atoms with Crippen molar-refractivity contribution >= 4 is 36.4 Å². The number of hydrogen-bond donors (Lipinski definition) is 1. The standard InChI is InChI=1S/C35H40N2O4Si/c1-35(2,3)42(26-11-6-4-7-12-26,27-13-8-5-9-14-27)41-20-19-24-21-25(22-24)28-15-10-16-29-30(28)23-37(34(29)40)31-17-18-32(38)36-33(31)39/h4-16,24-25,31H,17-23H2,1-3H3,(H,36,38,39). The van der Waals surface area contributed by atoms with Crippen LogP contribution in [-0.2, 0) is 20.6 Å². The largest absolute Gasteiger partial charge is 0.407 e. The molecule has 6 rings (SSSR count). The monoisotopic (exact) mass is 580 g/mol. The fourth-order valence-electron chi connectivity index (χ4n) is 7.36. The fraction of sp³-hybridized carbons (Fsp3) is 0.400. The summed E-state index contributed by atoms with van der Waals surface area (Å²) < 4.78 is 7.13. The summed E-state index contributed by atoms with van der Waals surface area (Å²) in [7, 11) is -2.54. The summed E-state index contributed by atoms with van der Waals surface area (Å²) in [5, 5.41) is 4.97. The van der Waals surface area contributed by atoms with E-state index in [1.54, 1.807) is 4.90 Å². The van der Waals surface area contributed by atoms with Gasteiger partial charge in [0.25, 0.3) is 14.2 Å². The normalized spacial score (nSPS) is 22.5. The molecule has 2 heterocycles. The lowest BCUT2D eigenvalue weighted by atomic mass is 9.69. The number of nitrogens with one attached hydrogen (secondary N) is 1. The Labute approximate surface area is 249 Å². The van der Waals surface area contributed by atoms with Crippen molar-refractivity contribution in [1.29, 1.82) is 0 Å². The number of hydrogen-bond acceptors (Lipinski definition) is 4. The average molecular weight is 581 g/mol. The second-order valence-corrected chi connectivity index (χ2v) is 17.4. The molecule has 0 bridgehead atoms. The Balaban J connectivity index is 1.13. The van der Waals surface area contributed by atoms with Gasteiger partial charge in [0.05, 0.1) is 0 Å². The van der Waals surface area contributed by atoms with E-state index in [1.165, 1.54) is 15.9 Å². The molecule has 218 valence electrons. The first-order chi connectivity index (χ1) is 20.2. The SMILES string of the molecule is CC(C)(C)[Si](OCCC1CC(c2cccc3c2CN(C2CCC(=O)NC2=O)C3=O)C1)(c1ccccc1)c1ccccc1. The molecule has 7 heteroatoms. The Morgan fingerprint density at radius 3 is 2.12 bits per heavy atom. The molecule has 6 nitrogen and oxygen atoms in total. The quantitative estimate of drug-likeness (QED) is 0.304. The third kappa shape index (κ3) is 5.03. The lowest BCUT2D eigenvalue weighted by Crippen LogP contribution is -2.66. The van der Waals surface area contributed by atoms with E-state index in [0.29, 0.717) is 30.4 Å². The first-order valence-corrected chi connectivity index (χ1v) is 17.1. The first kappa shape index (κ1) is 28.6. The van der Waals surface area contributed by atoms with E-state index in [4.69, 9.17) is 4.43 Å². The van der Waals surface area contributed by atoms with Gasteiger partial charge in [-0.15, -0.1) is 0 Å². The van der Waals surface area contributed by atoms with E-state index in [9.17, 15) is 14.4 Å². The molecular formula is C35H40N2O4Si. The topological polar surface area (TPSA) is 75.7 Å². The van der Waals surface area contributed by atoms with Crippen LogP contribution in [0.1, 0.15) is 80.3 Å². The molecular weight excluding hydrogens is 540 g/mol. The highest BCUT2D eigenvalue weighted by molar-refractivity contribution is 6.99. The van der Waals surface area contributed by atoms with E-state index < -0.39 is 14.4 Å². The van der Waals surface area contributed by atoms with E-state index in [0.717, 1.165) is 31.4 Å². The van der Waals surface area contributed by atoms with Crippen LogP contribution >= 0.6 is 0 Å². The maximum absolute atomic E-state index is 13.3. The van der Waals surface area contributed by atoms with Crippen molar-refractivity contribution in [2.24, 2.45) is 5.92 Å². The van der Waals surface area contributed by atoms with E-state index >= 15 is 0 Å². The second-order valence-electron chi connectivity index (χ2n) is 13.1. The van der Waals surface area contributed by atoms with Crippen LogP contribution in [0.3, 0.4) is 0 Å². The number of rotatable bonds is 8. The van der Waals surface area contributed by atoms with Gasteiger partial charge < -0.3 is 9.33 Å². The zero-order chi connectivity index (χ0) is 29.5. The van der Waals surface area contributed by atoms with E-state index in [-0.39, 0.29) is 29.2 Å². The van der Waals surface area contributed by atoms with Crippen LogP contribution in [0.15, 0.2) is 78.9 Å². The fourth-order valence-corrected chi connectivity index (χ4v) is 11.9. The molecule has 1 N–H and O–H groups in total. The zero-order valence-corrected chi connectivity index (χ0v) is 25.8. The molecule has 1 saturated heterocycles. The summed E-state index contributed by atoms with van der Waals surface area (Å²) in [4.78, 5) is 39.1. The Morgan fingerprint density at radius 2 is 1.52 bits per heavy atom. The van der Waals surface area contributed by atoms with Gasteiger partial charge in [0.1, 0.15) is 6.04 Å². The molecule has 1 saturated carbocycles. The van der Waals surface area contributed by atoms with Crippen molar-refractivity contribution in [1.82, 2.24) is 10.2 Å². The third-order valence-corrected chi connectivity index (χ3v) is 14.6. The van der Waals surface area contributed by atoms with Crippen LogP contribution in [0.4, 0.5) is 0 Å². The number of fused-ring (bicyclic) bond motifs is 1. The molecule has 42 heavy (non-hydrogen) atoms. The molecule has 1 aliphatic carbocycles. The highest BCUT2D eigenvalue weighted by atomic mass is 28.4. The Hall–Kier alpha value is -3.55. The summed E-state index contributed by atoms with van der Waals surface area (Å²) in [6.45, 7) is 8.10. The summed E-state index contributed by atoms with van der Waals surface area (Å²) in [6, 6.07) is 27.0. The maximum Gasteiger partial charge on any atom is 0.261 e. The Bertz CT molecular complexity index is 1440. The second kappa shape index (κ2) is 11.3. The Kier molecular flexibility index (Phi) is 7.66. The number of carbonyl (C=O) groups excluding carboxylic acids is 3. The highest BCUT2D eigenvalue weighted by Gasteiger charge is 2.50. The average Bonchev–Trinajstić information content (AvgIpc) is 3.29. The maximum atomic E-state index is 13.3. The van der Waals surface area contributed by atoms with Crippen LogP contribution < -0.4 is 15.7 Å². The number of benzene rings is 3. The van der Waals surface area contributed by atoms with Gasteiger partial charge >= 0.3 is 0 Å². The van der Waals surface area contributed by atoms with Crippen LogP contribution in [0.2, 0.25) is 5.04 Å². The first-order valence-electron chi connectivity index (χ1n) is 15.2. The molecule has 3 aliphatic rings. The molecule has 1 unspecified atom stereocenters. The lowest BCUT2D eigenvalue weighted by molar-refractivity contribution is -0.136. The predicted octanol–water partition coefficient (Wildman–Crippen LogP) is 4.91. The summed E-state index contributed by atoms with van der Waals surface area (Å²) in [5.74, 6) is 0.259. The van der Waals surface area contributed by atoms with Crippen LogP contribution in [-0.4, -0.2) is 43.6 Å². The van der Waals surface area contributed by atoms with Gasteiger partial charge in [0.15, 0.2) is 0 Å². The van der Waals surface area contributed by atoms with E-state index in [2.05, 4.69) is 92.8 Å².